The highest BCUT2D eigenvalue weighted by atomic mass is 16.6. The van der Waals surface area contributed by atoms with Crippen molar-refractivity contribution in [1.82, 2.24) is 5.32 Å². The molecule has 0 saturated carbocycles. The van der Waals surface area contributed by atoms with Crippen LogP contribution in [-0.4, -0.2) is 18.5 Å². The number of benzene rings is 1. The molecule has 0 aliphatic carbocycles. The highest BCUT2D eigenvalue weighted by molar-refractivity contribution is 5.92. The smallest absolute Gasteiger partial charge is 0.410 e. The lowest BCUT2D eigenvalue weighted by Crippen LogP contribution is -2.26. The maximum absolute atomic E-state index is 11.9. The summed E-state index contributed by atoms with van der Waals surface area (Å²) in [6, 6.07) is 6.74. The maximum atomic E-state index is 11.9. The molecule has 0 bridgehead atoms. The van der Waals surface area contributed by atoms with E-state index in [0.717, 1.165) is 12.8 Å². The summed E-state index contributed by atoms with van der Waals surface area (Å²) in [6.45, 7) is 7.77. The monoisotopic (exact) mass is 290 g/mol. The summed E-state index contributed by atoms with van der Waals surface area (Å²) in [5.41, 5.74) is 0.608. The molecule has 5 heteroatoms. The number of carbonyl (C=O) groups is 2. The van der Waals surface area contributed by atoms with Crippen molar-refractivity contribution in [3.63, 3.8) is 0 Å². The lowest BCUT2D eigenvalue weighted by molar-refractivity contribution is -0.119. The molecule has 0 radical (unpaired) electrons. The van der Waals surface area contributed by atoms with Gasteiger partial charge in [-0.1, -0.05) is 32.4 Å². The van der Waals surface area contributed by atoms with Crippen LogP contribution >= 0.6 is 0 Å². The van der Waals surface area contributed by atoms with Gasteiger partial charge in [-0.2, -0.15) is 0 Å². The molecule has 114 valence electrons. The Labute approximate surface area is 125 Å². The van der Waals surface area contributed by atoms with Gasteiger partial charge in [-0.05, 0) is 18.6 Å². The van der Waals surface area contributed by atoms with Crippen LogP contribution in [0.15, 0.2) is 36.9 Å². The van der Waals surface area contributed by atoms with Crippen LogP contribution in [0.1, 0.15) is 26.7 Å². The number of carbonyl (C=O) groups excluding carboxylic acids is 2. The Kier molecular flexibility index (Phi) is 7.01. The van der Waals surface area contributed by atoms with Crippen molar-refractivity contribution in [2.45, 2.75) is 26.7 Å². The number of amides is 2. The first-order chi connectivity index (χ1) is 10.1. The summed E-state index contributed by atoms with van der Waals surface area (Å²) >= 11 is 0. The minimum absolute atomic E-state index is 0.0369. The van der Waals surface area contributed by atoms with E-state index in [1.54, 1.807) is 30.3 Å². The minimum atomic E-state index is -0.558. The lowest BCUT2D eigenvalue weighted by Gasteiger charge is -2.12. The van der Waals surface area contributed by atoms with E-state index in [2.05, 4.69) is 17.2 Å². The van der Waals surface area contributed by atoms with E-state index in [9.17, 15) is 9.59 Å². The zero-order valence-corrected chi connectivity index (χ0v) is 12.5. The number of rotatable bonds is 7. The Balaban J connectivity index is 2.61. The third-order valence-corrected chi connectivity index (χ3v) is 2.87. The molecule has 0 aliphatic heterocycles. The van der Waals surface area contributed by atoms with Crippen molar-refractivity contribution in [1.29, 1.82) is 0 Å². The summed E-state index contributed by atoms with van der Waals surface area (Å²) in [5.74, 6) is 0.290. The maximum Gasteiger partial charge on any atom is 0.412 e. The molecule has 2 N–H and O–H groups in total. The van der Waals surface area contributed by atoms with Gasteiger partial charge in [-0.3, -0.25) is 4.79 Å². The Morgan fingerprint density at radius 3 is 2.86 bits per heavy atom. The Morgan fingerprint density at radius 2 is 2.19 bits per heavy atom. The van der Waals surface area contributed by atoms with E-state index in [1.807, 2.05) is 13.8 Å². The van der Waals surface area contributed by atoms with E-state index in [4.69, 9.17) is 4.74 Å². The van der Waals surface area contributed by atoms with Gasteiger partial charge in [-0.15, -0.1) is 6.58 Å². The second-order valence-corrected chi connectivity index (χ2v) is 4.77. The molecule has 0 spiro atoms. The molecule has 0 heterocycles. The Bertz CT molecular complexity index is 500. The van der Waals surface area contributed by atoms with Gasteiger partial charge in [0, 0.05) is 24.2 Å². The molecule has 1 rings (SSSR count). The van der Waals surface area contributed by atoms with Crippen molar-refractivity contribution in [3.8, 4) is 5.75 Å². The van der Waals surface area contributed by atoms with E-state index < -0.39 is 6.09 Å². The summed E-state index contributed by atoms with van der Waals surface area (Å²) < 4.78 is 5.10. The molecule has 5 nitrogen and oxygen atoms in total. The van der Waals surface area contributed by atoms with Gasteiger partial charge < -0.3 is 15.4 Å². The van der Waals surface area contributed by atoms with Gasteiger partial charge in [0.2, 0.25) is 5.91 Å². The summed E-state index contributed by atoms with van der Waals surface area (Å²) in [6.07, 6.45) is 2.80. The largest absolute Gasteiger partial charge is 0.412 e. The summed E-state index contributed by atoms with van der Waals surface area (Å²) in [5, 5.41) is 5.33. The van der Waals surface area contributed by atoms with Gasteiger partial charge >= 0.3 is 6.09 Å². The zero-order valence-electron chi connectivity index (χ0n) is 12.5. The fourth-order valence-corrected chi connectivity index (χ4v) is 1.77. The second-order valence-electron chi connectivity index (χ2n) is 4.77. The number of hydrogen-bond donors (Lipinski definition) is 2. The predicted molar refractivity (Wildman–Crippen MR) is 83.4 cm³/mol. The molecule has 1 unspecified atom stereocenters. The first-order valence-corrected chi connectivity index (χ1v) is 7.04. The highest BCUT2D eigenvalue weighted by Crippen LogP contribution is 2.18. The van der Waals surface area contributed by atoms with Crippen LogP contribution in [0.4, 0.5) is 10.5 Å². The first kappa shape index (κ1) is 16.8. The van der Waals surface area contributed by atoms with Gasteiger partial charge in [0.15, 0.2) is 0 Å². The standard InChI is InChI=1S/C16H22N2O3/c1-4-7-12(3)15(19)18-13-8-6-9-14(11-13)21-16(20)17-10-5-2/h5-6,8-9,11-12H,2,4,7,10H2,1,3H3,(H,17,20)(H,18,19). The Morgan fingerprint density at radius 1 is 1.43 bits per heavy atom. The van der Waals surface area contributed by atoms with E-state index in [-0.39, 0.29) is 11.8 Å². The number of hydrogen-bond acceptors (Lipinski definition) is 3. The summed E-state index contributed by atoms with van der Waals surface area (Å²) in [7, 11) is 0. The van der Waals surface area contributed by atoms with Crippen LogP contribution in [0.3, 0.4) is 0 Å². The average Bonchev–Trinajstić information content (AvgIpc) is 2.45. The number of anilines is 1. The van der Waals surface area contributed by atoms with Crippen LogP contribution in [0.2, 0.25) is 0 Å². The van der Waals surface area contributed by atoms with E-state index >= 15 is 0 Å². The van der Waals surface area contributed by atoms with Crippen molar-refractivity contribution in [2.75, 3.05) is 11.9 Å². The van der Waals surface area contributed by atoms with Gasteiger partial charge in [0.05, 0.1) is 0 Å². The topological polar surface area (TPSA) is 67.4 Å². The lowest BCUT2D eigenvalue weighted by atomic mass is 10.1. The molecule has 0 aliphatic rings. The molecule has 1 aromatic rings. The molecule has 2 amide bonds. The predicted octanol–water partition coefficient (Wildman–Crippen LogP) is 3.34. The minimum Gasteiger partial charge on any atom is -0.410 e. The highest BCUT2D eigenvalue weighted by Gasteiger charge is 2.12. The molecule has 1 atom stereocenters. The van der Waals surface area contributed by atoms with E-state index in [0.29, 0.717) is 18.0 Å². The third-order valence-electron chi connectivity index (χ3n) is 2.87. The van der Waals surface area contributed by atoms with Crippen LogP contribution in [0, 0.1) is 5.92 Å². The molecule has 0 saturated heterocycles. The fraction of sp³-hybridized carbons (Fsp3) is 0.375. The SMILES string of the molecule is C=CCNC(=O)Oc1cccc(NC(=O)C(C)CCC)c1. The molecule has 0 aromatic heterocycles. The Hall–Kier alpha value is -2.30. The van der Waals surface area contributed by atoms with Crippen molar-refractivity contribution < 1.29 is 14.3 Å². The number of nitrogens with one attached hydrogen (secondary N) is 2. The van der Waals surface area contributed by atoms with Gasteiger partial charge in [0.25, 0.3) is 0 Å². The molecular weight excluding hydrogens is 268 g/mol. The fourth-order valence-electron chi connectivity index (χ4n) is 1.77. The zero-order chi connectivity index (χ0) is 15.7. The third kappa shape index (κ3) is 6.12. The summed E-state index contributed by atoms with van der Waals surface area (Å²) in [4.78, 5) is 23.4. The van der Waals surface area contributed by atoms with Gasteiger partial charge in [-0.25, -0.2) is 4.79 Å². The normalized spacial score (nSPS) is 11.3. The molecule has 21 heavy (non-hydrogen) atoms. The van der Waals surface area contributed by atoms with Gasteiger partial charge in [0.1, 0.15) is 5.75 Å². The van der Waals surface area contributed by atoms with Crippen molar-refractivity contribution in [3.05, 3.63) is 36.9 Å². The van der Waals surface area contributed by atoms with Crippen LogP contribution in [0.5, 0.6) is 5.75 Å². The van der Waals surface area contributed by atoms with Crippen LogP contribution < -0.4 is 15.4 Å². The molecular formula is C16H22N2O3. The van der Waals surface area contributed by atoms with Crippen LogP contribution in [0.25, 0.3) is 0 Å². The number of ether oxygens (including phenoxy) is 1. The van der Waals surface area contributed by atoms with Crippen molar-refractivity contribution in [2.24, 2.45) is 5.92 Å². The quantitative estimate of drug-likeness (QED) is 0.757. The van der Waals surface area contributed by atoms with Crippen LogP contribution in [-0.2, 0) is 4.79 Å². The second kappa shape index (κ2) is 8.79. The molecule has 0 fully saturated rings. The first-order valence-electron chi connectivity index (χ1n) is 7.04. The molecule has 1 aromatic carbocycles. The average molecular weight is 290 g/mol. The van der Waals surface area contributed by atoms with E-state index in [1.165, 1.54) is 0 Å². The van der Waals surface area contributed by atoms with Crippen molar-refractivity contribution >= 4 is 17.7 Å².